The Labute approximate surface area is 64.5 Å². The lowest BCUT2D eigenvalue weighted by molar-refractivity contribution is 0.367. The average Bonchev–Trinajstić information content (AvgIpc) is 1.97. The predicted octanol–water partition coefficient (Wildman–Crippen LogP) is 3.27. The third-order valence-electron chi connectivity index (χ3n) is 1.69. The van der Waals surface area contributed by atoms with Gasteiger partial charge in [0.1, 0.15) is 0 Å². The van der Waals surface area contributed by atoms with Gasteiger partial charge in [0.25, 0.3) is 0 Å². The van der Waals surface area contributed by atoms with Crippen LogP contribution in [0.15, 0.2) is 0 Å². The first kappa shape index (κ1) is 9.96. The summed E-state index contributed by atoms with van der Waals surface area (Å²) in [5.74, 6) is 0. The van der Waals surface area contributed by atoms with Crippen molar-refractivity contribution in [1.29, 1.82) is 0 Å². The molecule has 0 aliphatic rings. The first-order valence-corrected chi connectivity index (χ1v) is 4.37. The fourth-order valence-electron chi connectivity index (χ4n) is 1.02. The molecular formula is C9H19O. The van der Waals surface area contributed by atoms with Crippen LogP contribution in [0.2, 0.25) is 0 Å². The van der Waals surface area contributed by atoms with Crippen molar-refractivity contribution in [3.8, 4) is 0 Å². The maximum Gasteiger partial charge on any atom is 0.0799 e. The van der Waals surface area contributed by atoms with E-state index in [1.165, 1.54) is 38.7 Å². The van der Waals surface area contributed by atoms with Gasteiger partial charge in [0.15, 0.2) is 0 Å². The molecule has 1 N–H and O–H groups in total. The highest BCUT2D eigenvalue weighted by Crippen LogP contribution is 2.06. The number of rotatable bonds is 7. The second-order valence-corrected chi connectivity index (χ2v) is 2.74. The smallest absolute Gasteiger partial charge is 0.0799 e. The van der Waals surface area contributed by atoms with E-state index in [1.54, 1.807) is 0 Å². The normalized spacial score (nSPS) is 10.2. The first-order chi connectivity index (χ1) is 4.91. The fraction of sp³-hybridized carbons (Fsp3) is 0.889. The highest BCUT2D eigenvalue weighted by molar-refractivity contribution is 4.48. The first-order valence-electron chi connectivity index (χ1n) is 4.37. The van der Waals surface area contributed by atoms with Crippen LogP contribution in [-0.2, 0) is 0 Å². The third kappa shape index (κ3) is 7.96. The Morgan fingerprint density at radius 3 is 2.20 bits per heavy atom. The molecule has 1 heteroatoms. The van der Waals surface area contributed by atoms with Gasteiger partial charge in [0.2, 0.25) is 0 Å². The summed E-state index contributed by atoms with van der Waals surface area (Å²) in [6, 6.07) is 0. The molecule has 1 nitrogen and oxygen atoms in total. The number of hydrogen-bond donors (Lipinski definition) is 1. The SMILES string of the molecule is CCCCCCCC[CH]O. The van der Waals surface area contributed by atoms with Gasteiger partial charge >= 0.3 is 0 Å². The topological polar surface area (TPSA) is 20.2 Å². The summed E-state index contributed by atoms with van der Waals surface area (Å²) < 4.78 is 0. The van der Waals surface area contributed by atoms with Crippen LogP contribution in [0.3, 0.4) is 0 Å². The van der Waals surface area contributed by atoms with Gasteiger partial charge in [0.05, 0.1) is 6.61 Å². The molecule has 1 radical (unpaired) electrons. The molecule has 0 amide bonds. The van der Waals surface area contributed by atoms with Gasteiger partial charge in [-0.2, -0.15) is 0 Å². The van der Waals surface area contributed by atoms with Gasteiger partial charge < -0.3 is 5.11 Å². The van der Waals surface area contributed by atoms with E-state index >= 15 is 0 Å². The molecule has 0 bridgehead atoms. The monoisotopic (exact) mass is 143 g/mol. The van der Waals surface area contributed by atoms with Gasteiger partial charge in [0, 0.05) is 0 Å². The minimum absolute atomic E-state index is 0.867. The Morgan fingerprint density at radius 1 is 1.00 bits per heavy atom. The van der Waals surface area contributed by atoms with Crippen molar-refractivity contribution in [2.24, 2.45) is 0 Å². The number of hydrogen-bond acceptors (Lipinski definition) is 1. The van der Waals surface area contributed by atoms with E-state index in [4.69, 9.17) is 5.11 Å². The molecule has 61 valence electrons. The second-order valence-electron chi connectivity index (χ2n) is 2.74. The minimum atomic E-state index is 0.867. The lowest BCUT2D eigenvalue weighted by Gasteiger charge is -1.97. The lowest BCUT2D eigenvalue weighted by Crippen LogP contribution is -1.79. The zero-order chi connectivity index (χ0) is 7.66. The molecule has 0 unspecified atom stereocenters. The van der Waals surface area contributed by atoms with Gasteiger partial charge in [-0.05, 0) is 6.42 Å². The van der Waals surface area contributed by atoms with Crippen LogP contribution in [0.25, 0.3) is 0 Å². The molecule has 0 aromatic heterocycles. The lowest BCUT2D eigenvalue weighted by atomic mass is 10.1. The Balaban J connectivity index is 2.65. The molecule has 0 atom stereocenters. The molecule has 0 heterocycles. The van der Waals surface area contributed by atoms with Crippen molar-refractivity contribution in [3.05, 3.63) is 6.61 Å². The summed E-state index contributed by atoms with van der Waals surface area (Å²) in [6.45, 7) is 3.49. The van der Waals surface area contributed by atoms with Crippen LogP contribution in [0, 0.1) is 6.61 Å². The van der Waals surface area contributed by atoms with E-state index in [9.17, 15) is 0 Å². The summed E-state index contributed by atoms with van der Waals surface area (Å²) in [6.07, 6.45) is 8.67. The van der Waals surface area contributed by atoms with Crippen molar-refractivity contribution in [2.75, 3.05) is 0 Å². The number of aliphatic hydroxyl groups excluding tert-OH is 1. The van der Waals surface area contributed by atoms with Gasteiger partial charge in [-0.15, -0.1) is 0 Å². The van der Waals surface area contributed by atoms with Crippen LogP contribution < -0.4 is 0 Å². The van der Waals surface area contributed by atoms with Gasteiger partial charge in [-0.25, -0.2) is 0 Å². The fourth-order valence-corrected chi connectivity index (χ4v) is 1.02. The maximum atomic E-state index is 8.34. The van der Waals surface area contributed by atoms with Crippen molar-refractivity contribution >= 4 is 0 Å². The Kier molecular flexibility index (Phi) is 8.92. The van der Waals surface area contributed by atoms with Gasteiger partial charge in [-0.3, -0.25) is 0 Å². The molecule has 0 aliphatic carbocycles. The van der Waals surface area contributed by atoms with Crippen molar-refractivity contribution in [3.63, 3.8) is 0 Å². The Morgan fingerprint density at radius 2 is 1.60 bits per heavy atom. The van der Waals surface area contributed by atoms with E-state index in [0.29, 0.717) is 0 Å². The summed E-state index contributed by atoms with van der Waals surface area (Å²) in [7, 11) is 0. The quantitative estimate of drug-likeness (QED) is 0.542. The van der Waals surface area contributed by atoms with Crippen LogP contribution in [0.4, 0.5) is 0 Å². The minimum Gasteiger partial charge on any atom is -0.390 e. The highest BCUT2D eigenvalue weighted by Gasteiger charge is 1.88. The van der Waals surface area contributed by atoms with Crippen LogP contribution in [0.5, 0.6) is 0 Å². The number of aliphatic hydroxyl groups is 1. The van der Waals surface area contributed by atoms with E-state index in [2.05, 4.69) is 6.92 Å². The zero-order valence-corrected chi connectivity index (χ0v) is 6.97. The van der Waals surface area contributed by atoms with E-state index < -0.39 is 0 Å². The van der Waals surface area contributed by atoms with Crippen LogP contribution in [-0.4, -0.2) is 5.11 Å². The summed E-state index contributed by atoms with van der Waals surface area (Å²) in [4.78, 5) is 0. The van der Waals surface area contributed by atoms with Crippen molar-refractivity contribution < 1.29 is 5.11 Å². The summed E-state index contributed by atoms with van der Waals surface area (Å²) in [5.41, 5.74) is 0. The highest BCUT2D eigenvalue weighted by atomic mass is 16.2. The molecule has 0 saturated carbocycles. The summed E-state index contributed by atoms with van der Waals surface area (Å²) in [5, 5.41) is 8.34. The van der Waals surface area contributed by atoms with Crippen molar-refractivity contribution in [1.82, 2.24) is 0 Å². The molecule has 0 fully saturated rings. The molecule has 0 aliphatic heterocycles. The van der Waals surface area contributed by atoms with Crippen molar-refractivity contribution in [2.45, 2.75) is 51.9 Å². The van der Waals surface area contributed by atoms with Crippen LogP contribution >= 0.6 is 0 Å². The average molecular weight is 143 g/mol. The molecule has 0 aromatic rings. The third-order valence-corrected chi connectivity index (χ3v) is 1.69. The van der Waals surface area contributed by atoms with E-state index in [-0.39, 0.29) is 0 Å². The molecule has 0 spiro atoms. The number of unbranched alkanes of at least 4 members (excludes halogenated alkanes) is 6. The maximum absolute atomic E-state index is 8.34. The largest absolute Gasteiger partial charge is 0.390 e. The molecule has 10 heavy (non-hydrogen) atoms. The van der Waals surface area contributed by atoms with Crippen LogP contribution in [0.1, 0.15) is 51.9 Å². The molecule has 0 aromatic carbocycles. The Hall–Kier alpha value is -0.0400. The standard InChI is InChI=1S/C9H19O/c1-2-3-4-5-6-7-8-9-10/h9-10H,2-8H2,1H3. The second kappa shape index (κ2) is 8.96. The zero-order valence-electron chi connectivity index (χ0n) is 6.97. The molecule has 0 saturated heterocycles. The molecular weight excluding hydrogens is 124 g/mol. The Bertz CT molecular complexity index is 44.7. The summed E-state index contributed by atoms with van der Waals surface area (Å²) >= 11 is 0. The van der Waals surface area contributed by atoms with E-state index in [0.717, 1.165) is 12.8 Å². The van der Waals surface area contributed by atoms with Gasteiger partial charge in [-0.1, -0.05) is 45.4 Å². The predicted molar refractivity (Wildman–Crippen MR) is 44.2 cm³/mol. The molecule has 0 rings (SSSR count). The van der Waals surface area contributed by atoms with E-state index in [1.807, 2.05) is 0 Å².